The molecule has 4 bridgehead atoms. The Morgan fingerprint density at radius 2 is 1.91 bits per heavy atom. The lowest BCUT2D eigenvalue weighted by atomic mass is 9.83. The number of rotatable bonds is 7. The fourth-order valence-corrected chi connectivity index (χ4v) is 7.49. The van der Waals surface area contributed by atoms with Gasteiger partial charge in [0, 0.05) is 39.6 Å². The molecule has 2 saturated heterocycles. The predicted octanol–water partition coefficient (Wildman–Crippen LogP) is 4.74. The topological polar surface area (TPSA) is 200 Å². The molecule has 2 aromatic rings. The van der Waals surface area contributed by atoms with Crippen LogP contribution < -0.4 is 15.0 Å². The number of methoxy groups -OCH3 is 2. The summed E-state index contributed by atoms with van der Waals surface area (Å²) in [5, 5.41) is 26.0. The third-order valence-electron chi connectivity index (χ3n) is 10.8. The van der Waals surface area contributed by atoms with Crippen molar-refractivity contribution in [2.75, 3.05) is 33.2 Å². The summed E-state index contributed by atoms with van der Waals surface area (Å²) < 4.78 is 29.1. The van der Waals surface area contributed by atoms with Gasteiger partial charge in [0.15, 0.2) is 5.72 Å². The molecule has 2 fully saturated rings. The number of nitro groups is 1. The Bertz CT molecular complexity index is 1960. The van der Waals surface area contributed by atoms with Gasteiger partial charge in [-0.3, -0.25) is 25.0 Å². The fraction of sp³-hybridized carbons (Fsp3) is 0.487. The van der Waals surface area contributed by atoms with Gasteiger partial charge in [0.2, 0.25) is 5.91 Å². The molecule has 2 N–H and O–H groups in total. The first kappa shape index (κ1) is 42.1. The Labute approximate surface area is 329 Å². The molecule has 302 valence electrons. The maximum absolute atomic E-state index is 14.2. The van der Waals surface area contributed by atoms with Gasteiger partial charge in [-0.15, -0.1) is 0 Å². The number of aliphatic hydroxyl groups is 1. The molecule has 2 aromatic carbocycles. The molecule has 0 aromatic heterocycles. The average molecular weight is 799 g/mol. The third kappa shape index (κ3) is 8.53. The highest BCUT2D eigenvalue weighted by atomic mass is 35.5. The molecule has 3 aliphatic rings. The van der Waals surface area contributed by atoms with Crippen LogP contribution in [0, 0.1) is 16.0 Å². The van der Waals surface area contributed by atoms with Crippen molar-refractivity contribution in [1.29, 1.82) is 0 Å². The number of amides is 3. The zero-order chi connectivity index (χ0) is 41.3. The molecule has 0 aliphatic carbocycles. The van der Waals surface area contributed by atoms with E-state index in [-0.39, 0.29) is 17.0 Å². The first-order valence-electron chi connectivity index (χ1n) is 17.9. The summed E-state index contributed by atoms with van der Waals surface area (Å²) in [5.41, 5.74) is -1.87. The van der Waals surface area contributed by atoms with E-state index >= 15 is 0 Å². The van der Waals surface area contributed by atoms with Crippen molar-refractivity contribution in [3.63, 3.8) is 0 Å². The molecule has 3 amide bonds. The number of nitrogens with one attached hydrogen (secondary N) is 1. The van der Waals surface area contributed by atoms with Crippen LogP contribution in [0.15, 0.2) is 60.2 Å². The maximum Gasteiger partial charge on any atom is 0.409 e. The number of esters is 1. The van der Waals surface area contributed by atoms with E-state index in [1.807, 2.05) is 13.0 Å². The van der Waals surface area contributed by atoms with Crippen molar-refractivity contribution < 1.29 is 52.9 Å². The minimum atomic E-state index is -1.88. The zero-order valence-corrected chi connectivity index (χ0v) is 33.2. The largest absolute Gasteiger partial charge is 0.495 e. The van der Waals surface area contributed by atoms with Crippen LogP contribution in [0.4, 0.5) is 16.2 Å². The highest BCUT2D eigenvalue weighted by Crippen LogP contribution is 2.49. The van der Waals surface area contributed by atoms with Crippen molar-refractivity contribution in [3.8, 4) is 5.75 Å². The average Bonchev–Trinajstić information content (AvgIpc) is 3.86. The molecule has 56 heavy (non-hydrogen) atoms. The van der Waals surface area contributed by atoms with E-state index in [4.69, 9.17) is 35.3 Å². The molecule has 3 aliphatic heterocycles. The van der Waals surface area contributed by atoms with E-state index in [1.54, 1.807) is 38.1 Å². The first-order valence-corrected chi connectivity index (χ1v) is 18.3. The second kappa shape index (κ2) is 16.6. The third-order valence-corrected chi connectivity index (χ3v) is 11.2. The molecule has 16 nitrogen and oxygen atoms in total. The number of nitrogens with zero attached hydrogens (tertiary/aromatic N) is 3. The number of allylic oxidation sites excluding steroid dienone is 3. The quantitative estimate of drug-likeness (QED) is 0.169. The van der Waals surface area contributed by atoms with E-state index in [2.05, 4.69) is 5.32 Å². The van der Waals surface area contributed by atoms with E-state index in [1.165, 1.54) is 64.4 Å². The second-order valence-corrected chi connectivity index (χ2v) is 15.0. The molecule has 3 heterocycles. The molecule has 0 radical (unpaired) electrons. The molecule has 0 saturated carbocycles. The summed E-state index contributed by atoms with van der Waals surface area (Å²) in [6.07, 6.45) is 0.283. The number of halogens is 1. The van der Waals surface area contributed by atoms with Crippen LogP contribution in [-0.4, -0.2) is 109 Å². The van der Waals surface area contributed by atoms with Gasteiger partial charge in [0.25, 0.3) is 11.6 Å². The minimum absolute atomic E-state index is 0.104. The number of fused-ring (bicyclic) bond motifs is 5. The van der Waals surface area contributed by atoms with Gasteiger partial charge in [-0.1, -0.05) is 54.5 Å². The minimum Gasteiger partial charge on any atom is -0.495 e. The van der Waals surface area contributed by atoms with Crippen molar-refractivity contribution >= 4 is 46.9 Å². The van der Waals surface area contributed by atoms with Crippen molar-refractivity contribution in [2.45, 2.75) is 88.7 Å². The maximum atomic E-state index is 14.2. The van der Waals surface area contributed by atoms with Crippen molar-refractivity contribution in [2.24, 2.45) is 5.92 Å². The lowest BCUT2D eigenvalue weighted by Crippen LogP contribution is -2.63. The number of hydrogen-bond acceptors (Lipinski definition) is 12. The number of para-hydroxylation sites is 1. The van der Waals surface area contributed by atoms with Gasteiger partial charge in [0.05, 0.1) is 30.2 Å². The van der Waals surface area contributed by atoms with Crippen LogP contribution in [0.2, 0.25) is 5.02 Å². The SMILES string of the molecule is COc1cc2cc(c1Cl)N(C)C(=O)C[C@H](OC(=O)[C@H](C)N(C)C(=O)c1ccccc1[N+](=O)[O-])[C@]1(C)O[C@H]1[C@H](C)[C@@H]1C[C@@](O)(NC(=O)O1)[C@H](OC)/C=C/C=C(\C)C2. The first-order chi connectivity index (χ1) is 26.3. The van der Waals surface area contributed by atoms with Crippen molar-refractivity contribution in [1.82, 2.24) is 10.2 Å². The molecule has 0 unspecified atom stereocenters. The van der Waals surface area contributed by atoms with E-state index in [0.29, 0.717) is 17.9 Å². The van der Waals surface area contributed by atoms with Crippen LogP contribution in [0.25, 0.3) is 0 Å². The highest BCUT2D eigenvalue weighted by Gasteiger charge is 2.64. The lowest BCUT2D eigenvalue weighted by Gasteiger charge is -2.42. The number of carbonyl (C=O) groups excluding carboxylic acids is 4. The normalized spacial score (nSPS) is 30.0. The number of alkyl carbamates (subject to hydrolysis) is 1. The highest BCUT2D eigenvalue weighted by molar-refractivity contribution is 6.35. The second-order valence-electron chi connectivity index (χ2n) is 14.6. The zero-order valence-electron chi connectivity index (χ0n) is 32.4. The van der Waals surface area contributed by atoms with Gasteiger partial charge in [-0.25, -0.2) is 9.59 Å². The fourth-order valence-electron chi connectivity index (χ4n) is 7.18. The Hall–Kier alpha value is -5.03. The smallest absolute Gasteiger partial charge is 0.409 e. The molecule has 8 atom stereocenters. The summed E-state index contributed by atoms with van der Waals surface area (Å²) in [5.74, 6) is -2.50. The number of ether oxygens (including phenoxy) is 5. The summed E-state index contributed by atoms with van der Waals surface area (Å²) in [7, 11) is 5.70. The van der Waals surface area contributed by atoms with Gasteiger partial charge >= 0.3 is 12.1 Å². The summed E-state index contributed by atoms with van der Waals surface area (Å²) in [6, 6.07) is 7.60. The number of nitro benzene ring substituents is 1. The Morgan fingerprint density at radius 3 is 2.57 bits per heavy atom. The monoisotopic (exact) mass is 798 g/mol. The van der Waals surface area contributed by atoms with Gasteiger partial charge in [-0.2, -0.15) is 0 Å². The van der Waals surface area contributed by atoms with Crippen LogP contribution >= 0.6 is 11.6 Å². The summed E-state index contributed by atoms with van der Waals surface area (Å²) in [6.45, 7) is 6.69. The predicted molar refractivity (Wildman–Crippen MR) is 203 cm³/mol. The number of epoxide rings is 1. The van der Waals surface area contributed by atoms with Gasteiger partial charge in [0.1, 0.15) is 46.3 Å². The van der Waals surface area contributed by atoms with Crippen LogP contribution in [0.5, 0.6) is 5.75 Å². The van der Waals surface area contributed by atoms with Crippen LogP contribution in [0.3, 0.4) is 0 Å². The van der Waals surface area contributed by atoms with E-state index in [9.17, 15) is 34.4 Å². The van der Waals surface area contributed by atoms with Gasteiger partial charge in [-0.05, 0) is 51.0 Å². The molecule has 0 spiro atoms. The molecule has 5 rings (SSSR count). The Morgan fingerprint density at radius 1 is 1.21 bits per heavy atom. The van der Waals surface area contributed by atoms with Crippen molar-refractivity contribution in [3.05, 3.63) is 86.5 Å². The molecular formula is C39H47ClN4O12. The van der Waals surface area contributed by atoms with Crippen LogP contribution in [-0.2, 0) is 35.0 Å². The lowest BCUT2D eigenvalue weighted by molar-refractivity contribution is -0.385. The number of carbonyl (C=O) groups is 4. The van der Waals surface area contributed by atoms with E-state index in [0.717, 1.165) is 16.0 Å². The Balaban J connectivity index is 1.53. The van der Waals surface area contributed by atoms with Crippen LogP contribution in [0.1, 0.15) is 56.5 Å². The number of anilines is 1. The molecule has 17 heteroatoms. The number of benzene rings is 2. The van der Waals surface area contributed by atoms with Gasteiger partial charge < -0.3 is 38.6 Å². The number of likely N-dealkylation sites (N-methyl/N-ethyl adjacent to an activating group) is 1. The van der Waals surface area contributed by atoms with E-state index < -0.39 is 88.6 Å². The summed E-state index contributed by atoms with van der Waals surface area (Å²) in [4.78, 5) is 67.7. The summed E-state index contributed by atoms with van der Waals surface area (Å²) >= 11 is 6.75. The Kier molecular flexibility index (Phi) is 12.5. The number of hydrogen-bond donors (Lipinski definition) is 2. The molecular weight excluding hydrogens is 752 g/mol. The standard InChI is InChI=1S/C39H47ClN4O12/c1-21-12-11-15-30(53-8)39(49)20-29(54-37(48)41-39)22(2)34-38(4,56-34)31(19-32(45)43(6)27-17-24(16-21)18-28(52-7)33(27)40)55-36(47)23(3)42(5)35(46)25-13-9-10-14-26(25)44(50)51/h9-15,17-18,22-23,29-31,34,49H,16,19-20H2,1-8H3,(H,41,48)/b15-11+,21-12+/t22-,23+,29+,30-,31+,34+,38+,39+/m1/s1.